The molecule has 19 heavy (non-hydrogen) atoms. The summed E-state index contributed by atoms with van der Waals surface area (Å²) in [7, 11) is -0.543. The van der Waals surface area contributed by atoms with Gasteiger partial charge in [-0.05, 0) is 24.6 Å². The lowest BCUT2D eigenvalue weighted by molar-refractivity contribution is -0.118. The minimum Gasteiger partial charge on any atom is -0.326 e. The van der Waals surface area contributed by atoms with Gasteiger partial charge < -0.3 is 5.32 Å². The molecular formula is C13H20N2O3S. The summed E-state index contributed by atoms with van der Waals surface area (Å²) in [6.07, 6.45) is 0. The molecule has 106 valence electrons. The summed E-state index contributed by atoms with van der Waals surface area (Å²) in [6.45, 7) is 5.28. The molecule has 0 aliphatic rings. The Morgan fingerprint density at radius 3 is 2.32 bits per heavy atom. The average molecular weight is 284 g/mol. The van der Waals surface area contributed by atoms with Crippen molar-refractivity contribution in [2.75, 3.05) is 19.4 Å². The molecule has 0 aromatic heterocycles. The van der Waals surface area contributed by atoms with Crippen LogP contribution in [0.25, 0.3) is 0 Å². The standard InChI is InChI=1S/C13H20N2O3S/c1-9(2)13(16)14-11-7-6-10(3)12(8-11)19(17,18)15(4)5/h6-9H,1-5H3,(H,14,16). The topological polar surface area (TPSA) is 66.5 Å². The SMILES string of the molecule is Cc1ccc(NC(=O)C(C)C)cc1S(=O)(=O)N(C)C. The van der Waals surface area contributed by atoms with E-state index in [1.807, 2.05) is 0 Å². The summed E-state index contributed by atoms with van der Waals surface area (Å²) in [5, 5.41) is 2.70. The smallest absolute Gasteiger partial charge is 0.242 e. The van der Waals surface area contributed by atoms with Crippen molar-refractivity contribution in [3.05, 3.63) is 23.8 Å². The molecule has 1 N–H and O–H groups in total. The number of aryl methyl sites for hydroxylation is 1. The Morgan fingerprint density at radius 2 is 1.84 bits per heavy atom. The maximum absolute atomic E-state index is 12.1. The number of sulfonamides is 1. The van der Waals surface area contributed by atoms with Crippen LogP contribution in [0.15, 0.2) is 23.1 Å². The number of hydrogen-bond acceptors (Lipinski definition) is 3. The monoisotopic (exact) mass is 284 g/mol. The van der Waals surface area contributed by atoms with Crippen LogP contribution in [0.2, 0.25) is 0 Å². The van der Waals surface area contributed by atoms with E-state index < -0.39 is 10.0 Å². The molecule has 1 amide bonds. The van der Waals surface area contributed by atoms with Crippen molar-refractivity contribution in [1.29, 1.82) is 0 Å². The first kappa shape index (κ1) is 15.7. The normalized spacial score (nSPS) is 11.9. The number of hydrogen-bond donors (Lipinski definition) is 1. The van der Waals surface area contributed by atoms with E-state index in [2.05, 4.69) is 5.32 Å². The van der Waals surface area contributed by atoms with Gasteiger partial charge >= 0.3 is 0 Å². The van der Waals surface area contributed by atoms with Crippen molar-refractivity contribution >= 4 is 21.6 Å². The number of nitrogens with zero attached hydrogens (tertiary/aromatic N) is 1. The first-order valence-corrected chi connectivity index (χ1v) is 7.44. The van der Waals surface area contributed by atoms with E-state index >= 15 is 0 Å². The first-order valence-electron chi connectivity index (χ1n) is 6.00. The number of nitrogens with one attached hydrogen (secondary N) is 1. The summed E-state index contributed by atoms with van der Waals surface area (Å²) in [6, 6.07) is 4.88. The van der Waals surface area contributed by atoms with Crippen LogP contribution in [0.5, 0.6) is 0 Å². The summed E-state index contributed by atoms with van der Waals surface area (Å²) in [5.74, 6) is -0.299. The molecule has 0 heterocycles. The summed E-state index contributed by atoms with van der Waals surface area (Å²) >= 11 is 0. The van der Waals surface area contributed by atoms with Crippen LogP contribution < -0.4 is 5.32 Å². The Balaban J connectivity index is 3.19. The molecule has 0 saturated carbocycles. The van der Waals surface area contributed by atoms with E-state index in [-0.39, 0.29) is 16.7 Å². The maximum atomic E-state index is 12.1. The molecule has 0 aliphatic carbocycles. The molecule has 0 atom stereocenters. The van der Waals surface area contributed by atoms with Crippen LogP contribution in [0.3, 0.4) is 0 Å². The van der Waals surface area contributed by atoms with Gasteiger partial charge in [-0.25, -0.2) is 12.7 Å². The van der Waals surface area contributed by atoms with Gasteiger partial charge in [0.05, 0.1) is 4.90 Å². The quantitative estimate of drug-likeness (QED) is 0.917. The fourth-order valence-corrected chi connectivity index (χ4v) is 2.58. The van der Waals surface area contributed by atoms with Gasteiger partial charge in [0.25, 0.3) is 0 Å². The van der Waals surface area contributed by atoms with Gasteiger partial charge in [-0.3, -0.25) is 4.79 Å². The van der Waals surface area contributed by atoms with Crippen LogP contribution in [0.1, 0.15) is 19.4 Å². The third-order valence-electron chi connectivity index (χ3n) is 2.74. The summed E-state index contributed by atoms with van der Waals surface area (Å²) in [4.78, 5) is 11.8. The van der Waals surface area contributed by atoms with Crippen LogP contribution in [0, 0.1) is 12.8 Å². The van der Waals surface area contributed by atoms with Crippen molar-refractivity contribution in [3.63, 3.8) is 0 Å². The zero-order chi connectivity index (χ0) is 14.8. The second-order valence-electron chi connectivity index (χ2n) is 4.91. The largest absolute Gasteiger partial charge is 0.326 e. The lowest BCUT2D eigenvalue weighted by Gasteiger charge is -2.15. The predicted molar refractivity (Wildman–Crippen MR) is 75.5 cm³/mol. The van der Waals surface area contributed by atoms with Gasteiger partial charge in [0.1, 0.15) is 0 Å². The highest BCUT2D eigenvalue weighted by molar-refractivity contribution is 7.89. The highest BCUT2D eigenvalue weighted by atomic mass is 32.2. The average Bonchev–Trinajstić information content (AvgIpc) is 2.30. The van der Waals surface area contributed by atoms with E-state index in [1.165, 1.54) is 20.2 Å². The lowest BCUT2D eigenvalue weighted by atomic mass is 10.2. The van der Waals surface area contributed by atoms with Crippen molar-refractivity contribution in [1.82, 2.24) is 4.31 Å². The van der Waals surface area contributed by atoms with Crippen molar-refractivity contribution in [2.45, 2.75) is 25.7 Å². The van der Waals surface area contributed by atoms with Gasteiger partial charge in [0, 0.05) is 25.7 Å². The fourth-order valence-electron chi connectivity index (χ4n) is 1.44. The molecular weight excluding hydrogens is 264 g/mol. The lowest BCUT2D eigenvalue weighted by Crippen LogP contribution is -2.23. The highest BCUT2D eigenvalue weighted by Gasteiger charge is 2.20. The summed E-state index contributed by atoms with van der Waals surface area (Å²) < 4.78 is 25.4. The molecule has 0 unspecified atom stereocenters. The van der Waals surface area contributed by atoms with Crippen molar-refractivity contribution in [2.24, 2.45) is 5.92 Å². The van der Waals surface area contributed by atoms with E-state index in [0.29, 0.717) is 11.3 Å². The van der Waals surface area contributed by atoms with Gasteiger partial charge in [0.15, 0.2) is 0 Å². The third-order valence-corrected chi connectivity index (χ3v) is 4.70. The molecule has 0 fully saturated rings. The predicted octanol–water partition coefficient (Wildman–Crippen LogP) is 1.84. The van der Waals surface area contributed by atoms with Crippen LogP contribution in [0.4, 0.5) is 5.69 Å². The number of carbonyl (C=O) groups excluding carboxylic acids is 1. The van der Waals surface area contributed by atoms with Crippen molar-refractivity contribution in [3.8, 4) is 0 Å². The number of carbonyl (C=O) groups is 1. The minimum atomic E-state index is -3.50. The van der Waals surface area contributed by atoms with Gasteiger partial charge in [-0.1, -0.05) is 19.9 Å². The van der Waals surface area contributed by atoms with Gasteiger partial charge in [-0.15, -0.1) is 0 Å². The maximum Gasteiger partial charge on any atom is 0.242 e. The number of benzene rings is 1. The minimum absolute atomic E-state index is 0.142. The Kier molecular flexibility index (Phi) is 4.70. The number of amides is 1. The van der Waals surface area contributed by atoms with Crippen LogP contribution in [-0.2, 0) is 14.8 Å². The van der Waals surface area contributed by atoms with Gasteiger partial charge in [0.2, 0.25) is 15.9 Å². The van der Waals surface area contributed by atoms with Crippen LogP contribution >= 0.6 is 0 Å². The second-order valence-corrected chi connectivity index (χ2v) is 7.03. The van der Waals surface area contributed by atoms with E-state index in [0.717, 1.165) is 4.31 Å². The van der Waals surface area contributed by atoms with E-state index in [1.54, 1.807) is 32.9 Å². The third kappa shape index (κ3) is 3.54. The molecule has 0 aliphatic heterocycles. The van der Waals surface area contributed by atoms with Gasteiger partial charge in [-0.2, -0.15) is 0 Å². The number of anilines is 1. The Labute approximate surface area is 114 Å². The molecule has 6 heteroatoms. The van der Waals surface area contributed by atoms with Crippen molar-refractivity contribution < 1.29 is 13.2 Å². The number of rotatable bonds is 4. The zero-order valence-electron chi connectivity index (χ0n) is 11.9. The molecule has 0 spiro atoms. The molecule has 0 radical (unpaired) electrons. The zero-order valence-corrected chi connectivity index (χ0v) is 12.7. The molecule has 0 saturated heterocycles. The first-order chi connectivity index (χ1) is 8.66. The molecule has 5 nitrogen and oxygen atoms in total. The van der Waals surface area contributed by atoms with E-state index in [9.17, 15) is 13.2 Å². The molecule has 1 aromatic carbocycles. The molecule has 1 rings (SSSR count). The Hall–Kier alpha value is -1.40. The van der Waals surface area contributed by atoms with Crippen LogP contribution in [-0.4, -0.2) is 32.7 Å². The Bertz CT molecular complexity index is 578. The fraction of sp³-hybridized carbons (Fsp3) is 0.462. The summed E-state index contributed by atoms with van der Waals surface area (Å²) in [5.41, 5.74) is 1.14. The second kappa shape index (κ2) is 5.71. The van der Waals surface area contributed by atoms with E-state index in [4.69, 9.17) is 0 Å². The Morgan fingerprint density at radius 1 is 1.26 bits per heavy atom. The molecule has 1 aromatic rings. The highest BCUT2D eigenvalue weighted by Crippen LogP contribution is 2.22. The molecule has 0 bridgehead atoms.